The minimum atomic E-state index is -1.41. The Bertz CT molecular complexity index is 1040. The van der Waals surface area contributed by atoms with Gasteiger partial charge in [0, 0.05) is 0 Å². The molecule has 1 saturated heterocycles. The summed E-state index contributed by atoms with van der Waals surface area (Å²) in [5, 5.41) is 36.6. The lowest BCUT2D eigenvalue weighted by atomic mass is 9.93. The van der Waals surface area contributed by atoms with Gasteiger partial charge in [-0.25, -0.2) is 4.39 Å². The van der Waals surface area contributed by atoms with Gasteiger partial charge in [0.1, 0.15) is 35.7 Å². The van der Waals surface area contributed by atoms with Crippen molar-refractivity contribution in [2.75, 3.05) is 12.8 Å². The highest BCUT2D eigenvalue weighted by Crippen LogP contribution is 2.36. The van der Waals surface area contributed by atoms with Crippen LogP contribution in [0.1, 0.15) is 49.7 Å². The topological polar surface area (TPSA) is 111 Å². The van der Waals surface area contributed by atoms with E-state index in [4.69, 9.17) is 16.3 Å². The van der Waals surface area contributed by atoms with Gasteiger partial charge in [0.05, 0.1) is 17.5 Å². The van der Waals surface area contributed by atoms with Crippen LogP contribution in [-0.2, 0) is 16.0 Å². The van der Waals surface area contributed by atoms with E-state index in [1.54, 1.807) is 19.2 Å². The molecule has 1 aromatic rings. The number of nitrogens with one attached hydrogen (secondary N) is 2. The summed E-state index contributed by atoms with van der Waals surface area (Å²) < 4.78 is 19.5. The SMILES string of the molecule is CSC1O[C@H]([C@H](NC(=O)[C@@H]2CC=C(/C=C/CC3CCc4ccc(F)cc43)CCN2)[C@H](C)Cl)C(O)C(O)C1O. The number of amides is 1. The van der Waals surface area contributed by atoms with Crippen molar-refractivity contribution in [1.82, 2.24) is 10.6 Å². The lowest BCUT2D eigenvalue weighted by Gasteiger charge is -2.44. The van der Waals surface area contributed by atoms with Crippen molar-refractivity contribution in [3.63, 3.8) is 0 Å². The maximum absolute atomic E-state index is 13.7. The number of aryl methyl sites for hydroxylation is 1. The molecule has 1 aromatic carbocycles. The van der Waals surface area contributed by atoms with E-state index in [-0.39, 0.29) is 11.7 Å². The second-order valence-electron chi connectivity index (χ2n) is 10.4. The molecule has 1 fully saturated rings. The van der Waals surface area contributed by atoms with Crippen LogP contribution in [0.3, 0.4) is 0 Å². The Kier molecular flexibility index (Phi) is 10.3. The molecule has 10 heteroatoms. The number of rotatable bonds is 8. The number of thioether (sulfide) groups is 1. The van der Waals surface area contributed by atoms with E-state index in [9.17, 15) is 24.5 Å². The average molecular weight is 569 g/mol. The summed E-state index contributed by atoms with van der Waals surface area (Å²) in [5.41, 5.74) is 2.74. The van der Waals surface area contributed by atoms with Crippen molar-refractivity contribution in [2.45, 2.75) is 92.3 Å². The van der Waals surface area contributed by atoms with Crippen LogP contribution in [0.2, 0.25) is 0 Å². The first kappa shape index (κ1) is 29.5. The van der Waals surface area contributed by atoms with Crippen LogP contribution < -0.4 is 10.6 Å². The molecule has 2 heterocycles. The first-order valence-electron chi connectivity index (χ1n) is 13.2. The first-order valence-corrected chi connectivity index (χ1v) is 15.0. The molecule has 5 unspecified atom stereocenters. The number of hydrogen-bond donors (Lipinski definition) is 5. The van der Waals surface area contributed by atoms with Gasteiger partial charge in [-0.05, 0) is 81.0 Å². The molecule has 1 aliphatic carbocycles. The second-order valence-corrected chi connectivity index (χ2v) is 12.0. The van der Waals surface area contributed by atoms with Crippen molar-refractivity contribution < 1.29 is 29.2 Å². The third-order valence-electron chi connectivity index (χ3n) is 7.80. The normalized spacial score (nSPS) is 33.3. The summed E-state index contributed by atoms with van der Waals surface area (Å²) in [6.45, 7) is 2.31. The summed E-state index contributed by atoms with van der Waals surface area (Å²) >= 11 is 7.60. The molecule has 2 aliphatic heterocycles. The van der Waals surface area contributed by atoms with Crippen molar-refractivity contribution >= 4 is 29.3 Å². The fourth-order valence-electron chi connectivity index (χ4n) is 5.57. The van der Waals surface area contributed by atoms with Crippen molar-refractivity contribution in [1.29, 1.82) is 0 Å². The Labute approximate surface area is 232 Å². The van der Waals surface area contributed by atoms with E-state index in [0.717, 1.165) is 36.8 Å². The predicted octanol–water partition coefficient (Wildman–Crippen LogP) is 2.76. The Balaban J connectivity index is 1.35. The number of carbonyl (C=O) groups excluding carboxylic acids is 1. The zero-order valence-corrected chi connectivity index (χ0v) is 23.3. The third kappa shape index (κ3) is 6.81. The Hall–Kier alpha value is -1.46. The van der Waals surface area contributed by atoms with Gasteiger partial charge in [0.15, 0.2) is 0 Å². The van der Waals surface area contributed by atoms with Crippen LogP contribution in [0.5, 0.6) is 0 Å². The van der Waals surface area contributed by atoms with Gasteiger partial charge >= 0.3 is 0 Å². The summed E-state index contributed by atoms with van der Waals surface area (Å²) in [4.78, 5) is 13.2. The molecule has 9 atom stereocenters. The third-order valence-corrected chi connectivity index (χ3v) is 8.92. The number of hydrogen-bond acceptors (Lipinski definition) is 7. The lowest BCUT2D eigenvalue weighted by Crippen LogP contribution is -2.65. The number of carbonyl (C=O) groups is 1. The average Bonchev–Trinajstić information content (AvgIpc) is 3.13. The quantitative estimate of drug-likeness (QED) is 0.307. The minimum absolute atomic E-state index is 0.185. The molecule has 210 valence electrons. The van der Waals surface area contributed by atoms with Crippen LogP contribution >= 0.6 is 23.4 Å². The van der Waals surface area contributed by atoms with E-state index in [1.807, 2.05) is 6.07 Å². The van der Waals surface area contributed by atoms with Crippen LogP contribution in [0.4, 0.5) is 4.39 Å². The Morgan fingerprint density at radius 1 is 1.29 bits per heavy atom. The first-order chi connectivity index (χ1) is 18.2. The number of fused-ring (bicyclic) bond motifs is 1. The zero-order chi connectivity index (χ0) is 27.4. The number of ether oxygens (including phenoxy) is 1. The highest BCUT2D eigenvalue weighted by Gasteiger charge is 2.48. The molecular weight excluding hydrogens is 531 g/mol. The summed E-state index contributed by atoms with van der Waals surface area (Å²) in [6.07, 6.45) is 7.11. The fourth-order valence-corrected chi connectivity index (χ4v) is 6.46. The summed E-state index contributed by atoms with van der Waals surface area (Å²) in [6, 6.07) is 3.82. The maximum atomic E-state index is 13.7. The molecule has 7 nitrogen and oxygen atoms in total. The van der Waals surface area contributed by atoms with Crippen LogP contribution in [-0.4, -0.2) is 81.3 Å². The molecule has 3 aliphatic rings. The molecule has 0 bridgehead atoms. The van der Waals surface area contributed by atoms with Gasteiger partial charge < -0.3 is 30.7 Å². The van der Waals surface area contributed by atoms with Gasteiger partial charge in [-0.1, -0.05) is 29.9 Å². The van der Waals surface area contributed by atoms with Crippen molar-refractivity contribution in [2.24, 2.45) is 0 Å². The molecule has 0 spiro atoms. The number of halogens is 2. The van der Waals surface area contributed by atoms with E-state index in [2.05, 4.69) is 28.9 Å². The molecule has 0 aromatic heterocycles. The monoisotopic (exact) mass is 568 g/mol. The minimum Gasteiger partial charge on any atom is -0.388 e. The highest BCUT2D eigenvalue weighted by molar-refractivity contribution is 7.99. The molecule has 0 saturated carbocycles. The smallest absolute Gasteiger partial charge is 0.237 e. The van der Waals surface area contributed by atoms with Crippen LogP contribution in [0.25, 0.3) is 0 Å². The molecular formula is C28H38ClFN2O5S. The van der Waals surface area contributed by atoms with Crippen LogP contribution in [0.15, 0.2) is 42.0 Å². The van der Waals surface area contributed by atoms with E-state index < -0.39 is 47.3 Å². The molecule has 4 rings (SSSR count). The Morgan fingerprint density at radius 3 is 2.82 bits per heavy atom. The number of aliphatic hydroxyl groups excluding tert-OH is 3. The summed E-state index contributed by atoms with van der Waals surface area (Å²) in [7, 11) is 0. The van der Waals surface area contributed by atoms with Crippen LogP contribution in [0, 0.1) is 5.82 Å². The fraction of sp³-hybridized carbons (Fsp3) is 0.607. The van der Waals surface area contributed by atoms with Gasteiger partial charge in [-0.2, -0.15) is 0 Å². The maximum Gasteiger partial charge on any atom is 0.237 e. The number of aliphatic hydroxyl groups is 3. The van der Waals surface area contributed by atoms with Gasteiger partial charge in [0.25, 0.3) is 0 Å². The summed E-state index contributed by atoms with van der Waals surface area (Å²) in [5.74, 6) is -0.127. The van der Waals surface area contributed by atoms with Gasteiger partial charge in [-0.15, -0.1) is 23.4 Å². The molecule has 1 amide bonds. The van der Waals surface area contributed by atoms with E-state index >= 15 is 0 Å². The number of allylic oxidation sites excluding steroid dienone is 2. The molecule has 38 heavy (non-hydrogen) atoms. The van der Waals surface area contributed by atoms with Crippen molar-refractivity contribution in [3.05, 3.63) is 58.9 Å². The zero-order valence-electron chi connectivity index (χ0n) is 21.7. The Morgan fingerprint density at radius 2 is 2.08 bits per heavy atom. The second kappa shape index (κ2) is 13.3. The largest absolute Gasteiger partial charge is 0.388 e. The lowest BCUT2D eigenvalue weighted by molar-refractivity contribution is -0.205. The van der Waals surface area contributed by atoms with Gasteiger partial charge in [-0.3, -0.25) is 4.79 Å². The number of alkyl halides is 1. The predicted molar refractivity (Wildman–Crippen MR) is 148 cm³/mol. The standard InChI is InChI=1S/C28H38ClFN2O5S/c1-15(29)22(26-24(34)23(33)25(35)28(37-26)38-2)32-27(36)21-11-6-16(12-13-31-21)4-3-5-17-7-8-18-9-10-19(30)14-20(17)18/h3-4,6,9-10,14-15,17,21-26,28,31,33-35H,5,7-8,11-13H2,1-2H3,(H,32,36)/b4-3+/t15-,17?,21-,22+,23?,24?,25?,26+,28?/m0/s1. The van der Waals surface area contributed by atoms with E-state index in [0.29, 0.717) is 18.9 Å². The molecule has 5 N–H and O–H groups in total. The van der Waals surface area contributed by atoms with Crippen molar-refractivity contribution in [3.8, 4) is 0 Å². The van der Waals surface area contributed by atoms with Gasteiger partial charge in [0.2, 0.25) is 5.91 Å². The number of benzene rings is 1. The molecule has 0 radical (unpaired) electrons. The van der Waals surface area contributed by atoms with E-state index in [1.165, 1.54) is 23.4 Å². The highest BCUT2D eigenvalue weighted by atomic mass is 35.5.